The number of rotatable bonds is 3. The lowest BCUT2D eigenvalue weighted by atomic mass is 9.72. The van der Waals surface area contributed by atoms with Gasteiger partial charge in [-0.1, -0.05) is 11.6 Å². The second kappa shape index (κ2) is 8.47. The van der Waals surface area contributed by atoms with Crippen LogP contribution in [0.3, 0.4) is 0 Å². The average molecular weight is 455 g/mol. The lowest BCUT2D eigenvalue weighted by molar-refractivity contribution is -0.0434. The Morgan fingerprint density at radius 1 is 1.22 bits per heavy atom. The Balaban J connectivity index is 1.34. The van der Waals surface area contributed by atoms with Crippen LogP contribution in [0.2, 0.25) is 5.02 Å². The number of nitriles is 1. The number of anilines is 3. The molecular weight excluding hydrogens is 428 g/mol. The summed E-state index contributed by atoms with van der Waals surface area (Å²) < 4.78 is 5.48. The minimum absolute atomic E-state index is 0.178. The minimum atomic E-state index is -0.468. The van der Waals surface area contributed by atoms with Crippen molar-refractivity contribution in [1.29, 1.82) is 5.26 Å². The van der Waals surface area contributed by atoms with Crippen molar-refractivity contribution in [2.45, 2.75) is 39.2 Å². The predicted molar refractivity (Wildman–Crippen MR) is 123 cm³/mol. The van der Waals surface area contributed by atoms with Gasteiger partial charge in [0, 0.05) is 37.7 Å². The third kappa shape index (κ3) is 4.89. The first-order chi connectivity index (χ1) is 15.2. The number of ether oxygens (including phenoxy) is 1. The van der Waals surface area contributed by atoms with Crippen molar-refractivity contribution in [2.24, 2.45) is 5.41 Å². The van der Waals surface area contributed by atoms with Crippen LogP contribution in [0.25, 0.3) is 0 Å². The average Bonchev–Trinajstić information content (AvgIpc) is 2.72. The number of likely N-dealkylation sites (tertiary alicyclic amines) is 1. The molecule has 8 nitrogen and oxygen atoms in total. The molecule has 168 valence electrons. The van der Waals surface area contributed by atoms with Crippen LogP contribution in [0, 0.1) is 16.7 Å². The largest absolute Gasteiger partial charge is 0.444 e. The SMILES string of the molecule is CC(C)(C)OC(=O)N1CC2(CCN(c3cc(Nc4ccc(C#N)cc4Cl)ncn3)CC2)C1. The maximum Gasteiger partial charge on any atom is 0.410 e. The molecule has 0 bridgehead atoms. The first kappa shape index (κ1) is 22.2. The van der Waals surface area contributed by atoms with Gasteiger partial charge in [0.15, 0.2) is 0 Å². The molecule has 1 amide bonds. The summed E-state index contributed by atoms with van der Waals surface area (Å²) in [5, 5.41) is 12.7. The van der Waals surface area contributed by atoms with Crippen LogP contribution in [-0.2, 0) is 4.74 Å². The Labute approximate surface area is 193 Å². The molecule has 2 saturated heterocycles. The van der Waals surface area contributed by atoms with E-state index in [1.807, 2.05) is 26.8 Å². The summed E-state index contributed by atoms with van der Waals surface area (Å²) in [5.74, 6) is 1.49. The van der Waals surface area contributed by atoms with Gasteiger partial charge in [0.05, 0.1) is 22.3 Å². The summed E-state index contributed by atoms with van der Waals surface area (Å²) in [7, 11) is 0. The van der Waals surface area contributed by atoms with E-state index < -0.39 is 5.60 Å². The van der Waals surface area contributed by atoms with Crippen LogP contribution in [0.5, 0.6) is 0 Å². The fourth-order valence-corrected chi connectivity index (χ4v) is 4.39. The van der Waals surface area contributed by atoms with E-state index in [2.05, 4.69) is 26.3 Å². The van der Waals surface area contributed by atoms with Crippen molar-refractivity contribution in [2.75, 3.05) is 36.4 Å². The van der Waals surface area contributed by atoms with E-state index in [1.54, 1.807) is 23.1 Å². The molecule has 1 N–H and O–H groups in total. The highest BCUT2D eigenvalue weighted by atomic mass is 35.5. The van der Waals surface area contributed by atoms with E-state index in [0.717, 1.165) is 44.8 Å². The van der Waals surface area contributed by atoms with Gasteiger partial charge in [-0.05, 0) is 51.8 Å². The van der Waals surface area contributed by atoms with Gasteiger partial charge in [-0.3, -0.25) is 0 Å². The molecule has 2 fully saturated rings. The van der Waals surface area contributed by atoms with Gasteiger partial charge in [0.2, 0.25) is 0 Å². The number of aromatic nitrogens is 2. The monoisotopic (exact) mass is 454 g/mol. The Hall–Kier alpha value is -3.05. The third-order valence-corrected chi connectivity index (χ3v) is 6.18. The van der Waals surface area contributed by atoms with E-state index in [-0.39, 0.29) is 11.5 Å². The molecule has 1 spiro atoms. The standard InChI is InChI=1S/C23H27ClN6O2/c1-22(2,3)32-21(31)30-13-23(14-30)6-8-29(9-7-23)20-11-19(26-15-27-20)28-18-5-4-16(12-25)10-17(18)24/h4-5,10-11,15H,6-9,13-14H2,1-3H3,(H,26,27,28). The second-order valence-electron chi connectivity index (χ2n) is 9.52. The van der Waals surface area contributed by atoms with Gasteiger partial charge in [-0.25, -0.2) is 14.8 Å². The van der Waals surface area contributed by atoms with Crippen molar-refractivity contribution < 1.29 is 9.53 Å². The van der Waals surface area contributed by atoms with E-state index >= 15 is 0 Å². The number of amides is 1. The van der Waals surface area contributed by atoms with Crippen molar-refractivity contribution >= 4 is 35.0 Å². The highest BCUT2D eigenvalue weighted by Crippen LogP contribution is 2.41. The summed E-state index contributed by atoms with van der Waals surface area (Å²) >= 11 is 6.27. The molecule has 0 saturated carbocycles. The molecule has 2 aliphatic heterocycles. The number of piperidine rings is 1. The molecular formula is C23H27ClN6O2. The number of nitrogens with one attached hydrogen (secondary N) is 1. The number of halogens is 1. The molecule has 0 aliphatic carbocycles. The Morgan fingerprint density at radius 2 is 1.94 bits per heavy atom. The van der Waals surface area contributed by atoms with Gasteiger partial charge in [-0.15, -0.1) is 0 Å². The maximum absolute atomic E-state index is 12.2. The van der Waals surface area contributed by atoms with E-state index in [9.17, 15) is 4.79 Å². The smallest absolute Gasteiger partial charge is 0.410 e. The summed E-state index contributed by atoms with van der Waals surface area (Å²) in [6.07, 6.45) is 3.31. The third-order valence-electron chi connectivity index (χ3n) is 5.87. The van der Waals surface area contributed by atoms with Gasteiger partial charge in [0.25, 0.3) is 0 Å². The van der Waals surface area contributed by atoms with Gasteiger partial charge >= 0.3 is 6.09 Å². The van der Waals surface area contributed by atoms with Gasteiger partial charge < -0.3 is 19.9 Å². The lowest BCUT2D eigenvalue weighted by Gasteiger charge is -2.53. The van der Waals surface area contributed by atoms with Crippen LogP contribution < -0.4 is 10.2 Å². The number of benzene rings is 1. The molecule has 4 rings (SSSR count). The van der Waals surface area contributed by atoms with Gasteiger partial charge in [0.1, 0.15) is 23.6 Å². The normalized spacial score (nSPS) is 17.5. The number of hydrogen-bond acceptors (Lipinski definition) is 7. The molecule has 1 aromatic carbocycles. The molecule has 32 heavy (non-hydrogen) atoms. The summed E-state index contributed by atoms with van der Waals surface area (Å²) in [6.45, 7) is 8.91. The van der Waals surface area contributed by atoms with Crippen molar-refractivity contribution in [3.8, 4) is 6.07 Å². The minimum Gasteiger partial charge on any atom is -0.444 e. The van der Waals surface area contributed by atoms with Crippen LogP contribution in [0.4, 0.5) is 22.1 Å². The number of nitrogens with zero attached hydrogens (tertiary/aromatic N) is 5. The Bertz CT molecular complexity index is 1050. The van der Waals surface area contributed by atoms with Crippen LogP contribution in [-0.4, -0.2) is 52.7 Å². The first-order valence-electron chi connectivity index (χ1n) is 10.7. The maximum atomic E-state index is 12.2. The summed E-state index contributed by atoms with van der Waals surface area (Å²) in [5.41, 5.74) is 0.901. The summed E-state index contributed by atoms with van der Waals surface area (Å²) in [6, 6.07) is 9.07. The predicted octanol–water partition coefficient (Wildman–Crippen LogP) is 4.58. The van der Waals surface area contributed by atoms with E-state index in [4.69, 9.17) is 21.6 Å². The molecule has 0 radical (unpaired) electrons. The lowest BCUT2D eigenvalue weighted by Crippen LogP contribution is -2.62. The molecule has 2 aliphatic rings. The van der Waals surface area contributed by atoms with Gasteiger partial charge in [-0.2, -0.15) is 5.26 Å². The quantitative estimate of drug-likeness (QED) is 0.725. The van der Waals surface area contributed by atoms with E-state index in [1.165, 1.54) is 6.33 Å². The highest BCUT2D eigenvalue weighted by molar-refractivity contribution is 6.33. The Kier molecular flexibility index (Phi) is 5.87. The van der Waals surface area contributed by atoms with E-state index in [0.29, 0.717) is 22.1 Å². The zero-order valence-electron chi connectivity index (χ0n) is 18.6. The molecule has 2 aromatic rings. The number of carbonyl (C=O) groups excluding carboxylic acids is 1. The van der Waals surface area contributed by atoms with Crippen molar-refractivity contribution in [1.82, 2.24) is 14.9 Å². The van der Waals surface area contributed by atoms with Crippen LogP contribution >= 0.6 is 11.6 Å². The highest BCUT2D eigenvalue weighted by Gasteiger charge is 2.47. The molecule has 0 atom stereocenters. The number of hydrogen-bond donors (Lipinski definition) is 1. The van der Waals surface area contributed by atoms with Crippen molar-refractivity contribution in [3.05, 3.63) is 41.2 Å². The Morgan fingerprint density at radius 3 is 2.56 bits per heavy atom. The fourth-order valence-electron chi connectivity index (χ4n) is 4.16. The van der Waals surface area contributed by atoms with Crippen LogP contribution in [0.15, 0.2) is 30.6 Å². The topological polar surface area (TPSA) is 94.4 Å². The molecule has 3 heterocycles. The molecule has 9 heteroatoms. The van der Waals surface area contributed by atoms with Crippen molar-refractivity contribution in [3.63, 3.8) is 0 Å². The summed E-state index contributed by atoms with van der Waals surface area (Å²) in [4.78, 5) is 25.0. The van der Waals surface area contributed by atoms with Crippen LogP contribution in [0.1, 0.15) is 39.2 Å². The first-order valence-corrected chi connectivity index (χ1v) is 11.1. The zero-order valence-corrected chi connectivity index (χ0v) is 19.3. The molecule has 1 aromatic heterocycles. The number of carbonyl (C=O) groups is 1. The second-order valence-corrected chi connectivity index (χ2v) is 9.92. The zero-order chi connectivity index (χ0) is 22.9. The fraction of sp³-hybridized carbons (Fsp3) is 0.478. The molecule has 0 unspecified atom stereocenters.